The lowest BCUT2D eigenvalue weighted by Gasteiger charge is -2.20. The number of nitrogens with zero attached hydrogens (tertiary/aromatic N) is 1. The molecule has 0 aliphatic carbocycles. The van der Waals surface area contributed by atoms with Crippen LogP contribution < -0.4 is 9.47 Å². The monoisotopic (exact) mass is 465 g/mol. The minimum absolute atomic E-state index is 0.125. The molecule has 0 aromatic heterocycles. The third-order valence-electron chi connectivity index (χ3n) is 5.25. The molecule has 30 heavy (non-hydrogen) atoms. The van der Waals surface area contributed by atoms with Gasteiger partial charge in [-0.1, -0.05) is 28.1 Å². The second-order valence-electron chi connectivity index (χ2n) is 7.61. The first-order valence-corrected chi connectivity index (χ1v) is 10.7. The van der Waals surface area contributed by atoms with Crippen molar-refractivity contribution in [2.75, 3.05) is 14.2 Å². The van der Waals surface area contributed by atoms with E-state index in [-0.39, 0.29) is 6.04 Å². The second kappa shape index (κ2) is 9.48. The predicted molar refractivity (Wildman–Crippen MR) is 129 cm³/mol. The van der Waals surface area contributed by atoms with E-state index in [0.29, 0.717) is 0 Å². The molecule has 3 rings (SSSR count). The van der Waals surface area contributed by atoms with E-state index in [1.165, 1.54) is 0 Å². The molecule has 3 aromatic rings. The summed E-state index contributed by atoms with van der Waals surface area (Å²) >= 11 is 3.49. The van der Waals surface area contributed by atoms with Crippen molar-refractivity contribution in [1.82, 2.24) is 0 Å². The van der Waals surface area contributed by atoms with Crippen LogP contribution in [0.5, 0.6) is 11.5 Å². The van der Waals surface area contributed by atoms with Crippen molar-refractivity contribution in [3.8, 4) is 11.5 Å². The predicted octanol–water partition coefficient (Wildman–Crippen LogP) is 6.91. The molecule has 0 heterocycles. The fourth-order valence-corrected chi connectivity index (χ4v) is 4.27. The van der Waals surface area contributed by atoms with Gasteiger partial charge >= 0.3 is 0 Å². The van der Waals surface area contributed by atoms with Gasteiger partial charge in [0.2, 0.25) is 0 Å². The van der Waals surface area contributed by atoms with Crippen LogP contribution in [0.25, 0.3) is 0 Å². The first kappa shape index (κ1) is 22.1. The highest BCUT2D eigenvalue weighted by Gasteiger charge is 2.18. The van der Waals surface area contributed by atoms with Gasteiger partial charge in [0.05, 0.1) is 20.3 Å². The molecule has 4 heteroatoms. The van der Waals surface area contributed by atoms with Crippen molar-refractivity contribution in [3.05, 3.63) is 91.9 Å². The van der Waals surface area contributed by atoms with Gasteiger partial charge in [0, 0.05) is 10.7 Å². The number of ether oxygens (including phenoxy) is 2. The normalized spacial score (nSPS) is 11.3. The lowest BCUT2D eigenvalue weighted by atomic mass is 9.93. The van der Waals surface area contributed by atoms with Crippen LogP contribution in [0.3, 0.4) is 0 Å². The number of aryl methyl sites for hydroxylation is 4. The molecule has 0 aliphatic heterocycles. The molecule has 3 aromatic carbocycles. The maximum absolute atomic E-state index is 5.57. The van der Waals surface area contributed by atoms with Crippen LogP contribution in [0.4, 0.5) is 0 Å². The maximum atomic E-state index is 5.57. The lowest BCUT2D eigenvalue weighted by molar-refractivity contribution is 0.408. The Balaban J connectivity index is 2.13. The molecule has 0 saturated carbocycles. The molecule has 0 N–H and O–H groups in total. The largest absolute Gasteiger partial charge is 0.496 e. The van der Waals surface area contributed by atoms with Gasteiger partial charge in [0.15, 0.2) is 0 Å². The third-order valence-corrected chi connectivity index (χ3v) is 5.78. The first-order chi connectivity index (χ1) is 14.3. The zero-order valence-corrected chi connectivity index (χ0v) is 20.0. The van der Waals surface area contributed by atoms with E-state index in [0.717, 1.165) is 54.9 Å². The van der Waals surface area contributed by atoms with E-state index in [9.17, 15) is 0 Å². The van der Waals surface area contributed by atoms with Gasteiger partial charge in [-0.3, -0.25) is 4.99 Å². The molecule has 0 aliphatic rings. The molecule has 0 unspecified atom stereocenters. The Morgan fingerprint density at radius 3 is 1.50 bits per heavy atom. The third kappa shape index (κ3) is 4.76. The molecule has 156 valence electrons. The average molecular weight is 466 g/mol. The van der Waals surface area contributed by atoms with E-state index in [1.807, 2.05) is 18.3 Å². The van der Waals surface area contributed by atoms with E-state index < -0.39 is 0 Å². The quantitative estimate of drug-likeness (QED) is 0.370. The topological polar surface area (TPSA) is 30.8 Å². The van der Waals surface area contributed by atoms with Crippen molar-refractivity contribution >= 4 is 22.1 Å². The zero-order valence-electron chi connectivity index (χ0n) is 18.4. The molecule has 0 bridgehead atoms. The minimum atomic E-state index is -0.125. The smallest absolute Gasteiger partial charge is 0.124 e. The summed E-state index contributed by atoms with van der Waals surface area (Å²) in [4.78, 5) is 5.02. The van der Waals surface area contributed by atoms with Crippen LogP contribution in [0.1, 0.15) is 45.0 Å². The first-order valence-electron chi connectivity index (χ1n) is 9.93. The van der Waals surface area contributed by atoms with Gasteiger partial charge in [-0.05, 0) is 103 Å². The summed E-state index contributed by atoms with van der Waals surface area (Å²) in [6, 6.07) is 16.7. The van der Waals surface area contributed by atoms with E-state index in [1.54, 1.807) is 14.2 Å². The fraction of sp³-hybridized carbons (Fsp3) is 0.269. The second-order valence-corrected chi connectivity index (χ2v) is 8.52. The standard InChI is InChI=1S/C26H28BrNO2/c1-16-11-21(12-17(2)25(16)29-5)24(28-15-20-7-9-23(27)10-8-20)22-13-18(3)26(30-6)19(4)14-22/h7-15,24H,1-6H3. The molecule has 0 spiro atoms. The number of rotatable bonds is 6. The fourth-order valence-electron chi connectivity index (χ4n) is 4.00. The zero-order chi connectivity index (χ0) is 21.8. The summed E-state index contributed by atoms with van der Waals surface area (Å²) in [7, 11) is 3.43. The Morgan fingerprint density at radius 2 is 1.13 bits per heavy atom. The molecule has 0 atom stereocenters. The van der Waals surface area contributed by atoms with Crippen molar-refractivity contribution < 1.29 is 9.47 Å². The van der Waals surface area contributed by atoms with Crippen LogP contribution in [0.2, 0.25) is 0 Å². The summed E-state index contributed by atoms with van der Waals surface area (Å²) in [5.74, 6) is 1.85. The molecular weight excluding hydrogens is 438 g/mol. The number of methoxy groups -OCH3 is 2. The summed E-state index contributed by atoms with van der Waals surface area (Å²) in [5.41, 5.74) is 7.78. The van der Waals surface area contributed by atoms with Crippen LogP contribution in [-0.4, -0.2) is 20.4 Å². The average Bonchev–Trinajstić information content (AvgIpc) is 2.69. The van der Waals surface area contributed by atoms with Crippen LogP contribution >= 0.6 is 15.9 Å². The molecule has 0 radical (unpaired) electrons. The van der Waals surface area contributed by atoms with Gasteiger partial charge in [-0.25, -0.2) is 0 Å². The van der Waals surface area contributed by atoms with Crippen molar-refractivity contribution in [3.63, 3.8) is 0 Å². The number of halogens is 1. The molecule has 0 saturated heterocycles. The maximum Gasteiger partial charge on any atom is 0.124 e. The Bertz CT molecular complexity index is 965. The Labute approximate surface area is 187 Å². The number of hydrogen-bond donors (Lipinski definition) is 0. The van der Waals surface area contributed by atoms with Crippen molar-refractivity contribution in [1.29, 1.82) is 0 Å². The van der Waals surface area contributed by atoms with Crippen LogP contribution in [-0.2, 0) is 0 Å². The van der Waals surface area contributed by atoms with Crippen LogP contribution in [0.15, 0.2) is 58.0 Å². The van der Waals surface area contributed by atoms with Gasteiger partial charge in [0.25, 0.3) is 0 Å². The van der Waals surface area contributed by atoms with Crippen LogP contribution in [0, 0.1) is 27.7 Å². The Kier molecular flexibility index (Phi) is 6.99. The Hall–Kier alpha value is -2.59. The Morgan fingerprint density at radius 1 is 0.733 bits per heavy atom. The SMILES string of the molecule is COc1c(C)cc(C(N=Cc2ccc(Br)cc2)c2cc(C)c(OC)c(C)c2)cc1C. The van der Waals surface area contributed by atoms with E-state index in [4.69, 9.17) is 14.5 Å². The van der Waals surface area contributed by atoms with Gasteiger partial charge in [-0.2, -0.15) is 0 Å². The molecule has 0 fully saturated rings. The van der Waals surface area contributed by atoms with Crippen molar-refractivity contribution in [2.45, 2.75) is 33.7 Å². The highest BCUT2D eigenvalue weighted by molar-refractivity contribution is 9.10. The van der Waals surface area contributed by atoms with Gasteiger partial charge < -0.3 is 9.47 Å². The lowest BCUT2D eigenvalue weighted by Crippen LogP contribution is -2.04. The number of hydrogen-bond acceptors (Lipinski definition) is 3. The van der Waals surface area contributed by atoms with E-state index in [2.05, 4.69) is 80.0 Å². The molecular formula is C26H28BrNO2. The number of aliphatic imine (C=N–C) groups is 1. The van der Waals surface area contributed by atoms with Crippen molar-refractivity contribution in [2.24, 2.45) is 4.99 Å². The van der Waals surface area contributed by atoms with Gasteiger partial charge in [-0.15, -0.1) is 0 Å². The minimum Gasteiger partial charge on any atom is -0.496 e. The summed E-state index contributed by atoms with van der Waals surface area (Å²) in [6.07, 6.45) is 1.95. The molecule has 0 amide bonds. The number of benzene rings is 3. The summed E-state index contributed by atoms with van der Waals surface area (Å²) < 4.78 is 12.2. The van der Waals surface area contributed by atoms with Gasteiger partial charge in [0.1, 0.15) is 11.5 Å². The molecule has 3 nitrogen and oxygen atoms in total. The highest BCUT2D eigenvalue weighted by Crippen LogP contribution is 2.35. The summed E-state index contributed by atoms with van der Waals surface area (Å²) in [6.45, 7) is 8.31. The van der Waals surface area contributed by atoms with E-state index >= 15 is 0 Å². The summed E-state index contributed by atoms with van der Waals surface area (Å²) in [5, 5.41) is 0. The highest BCUT2D eigenvalue weighted by atomic mass is 79.9.